The summed E-state index contributed by atoms with van der Waals surface area (Å²) in [4.78, 5) is 2.44. The average molecular weight is 696 g/mol. The van der Waals surface area contributed by atoms with E-state index >= 15 is 0 Å². The van der Waals surface area contributed by atoms with Crippen LogP contribution in [-0.2, 0) is 11.3 Å². The van der Waals surface area contributed by atoms with Crippen molar-refractivity contribution in [3.63, 3.8) is 0 Å². The molecule has 0 radical (unpaired) electrons. The molecular weight excluding hydrogens is 661 g/mol. The van der Waals surface area contributed by atoms with E-state index in [2.05, 4.69) is 199 Å². The Morgan fingerprint density at radius 1 is 0.453 bits per heavy atom. The Kier molecular flexibility index (Phi) is 7.98. The molecule has 9 aromatic rings. The van der Waals surface area contributed by atoms with Crippen molar-refractivity contribution in [3.05, 3.63) is 200 Å². The topological polar surface area (TPSA) is 12.5 Å². The van der Waals surface area contributed by atoms with Gasteiger partial charge in [0.1, 0.15) is 0 Å². The Morgan fingerprint density at radius 2 is 1.02 bits per heavy atom. The number of hydrogen-bond donors (Lipinski definition) is 0. The van der Waals surface area contributed by atoms with Crippen molar-refractivity contribution in [1.82, 2.24) is 0 Å². The van der Waals surface area contributed by atoms with Gasteiger partial charge in [0.15, 0.2) is 0 Å². The average Bonchev–Trinajstić information content (AvgIpc) is 3.84. The minimum absolute atomic E-state index is 0.145. The van der Waals surface area contributed by atoms with Crippen LogP contribution >= 0.6 is 11.3 Å². The fourth-order valence-corrected chi connectivity index (χ4v) is 9.01. The fraction of sp³-hybridized carbons (Fsp3) is 0.0204. The predicted octanol–water partition coefficient (Wildman–Crippen LogP) is 12.2. The first-order chi connectivity index (χ1) is 26.3. The predicted molar refractivity (Wildman–Crippen MR) is 227 cm³/mol. The molecule has 0 amide bonds. The van der Waals surface area contributed by atoms with Gasteiger partial charge in [0.05, 0.1) is 12.3 Å². The van der Waals surface area contributed by atoms with Crippen molar-refractivity contribution in [2.45, 2.75) is 6.61 Å². The second kappa shape index (κ2) is 13.4. The molecule has 0 bridgehead atoms. The standard InChI is InChI=1S/C49H34BNOS/c1-4-13-34(14-5-1)36-23-27-40(28-24-36)51(41-29-25-37(26-30-41)35-15-6-2-7-16-35)46-32-48-45(42-20-10-11-22-47(42)53-48)31-44(46)43-21-12-17-38-33-52-50(49(38)43)39-18-8-3-9-19-39/h1-32H,33H2. The van der Waals surface area contributed by atoms with Crippen molar-refractivity contribution in [1.29, 1.82) is 0 Å². The zero-order chi connectivity index (χ0) is 35.1. The van der Waals surface area contributed by atoms with Crippen LogP contribution in [0.3, 0.4) is 0 Å². The summed E-state index contributed by atoms with van der Waals surface area (Å²) in [5.41, 5.74) is 14.2. The van der Waals surface area contributed by atoms with Gasteiger partial charge < -0.3 is 9.55 Å². The van der Waals surface area contributed by atoms with Crippen LogP contribution in [0.2, 0.25) is 0 Å². The molecule has 8 aromatic carbocycles. The summed E-state index contributed by atoms with van der Waals surface area (Å²) >= 11 is 1.86. The smallest absolute Gasteiger partial charge is 0.362 e. The van der Waals surface area contributed by atoms with Gasteiger partial charge in [0.25, 0.3) is 0 Å². The molecule has 0 spiro atoms. The third-order valence-corrected chi connectivity index (χ3v) is 11.6. The number of fused-ring (bicyclic) bond motifs is 4. The van der Waals surface area contributed by atoms with Crippen LogP contribution in [0.5, 0.6) is 0 Å². The van der Waals surface area contributed by atoms with E-state index in [-0.39, 0.29) is 6.92 Å². The van der Waals surface area contributed by atoms with Crippen LogP contribution in [-0.4, -0.2) is 6.92 Å². The minimum Gasteiger partial charge on any atom is -0.423 e. The first-order valence-corrected chi connectivity index (χ1v) is 19.0. The van der Waals surface area contributed by atoms with E-state index in [0.29, 0.717) is 6.61 Å². The summed E-state index contributed by atoms with van der Waals surface area (Å²) in [6, 6.07) is 70.2. The summed E-state index contributed by atoms with van der Waals surface area (Å²) in [5, 5.41) is 2.56. The maximum absolute atomic E-state index is 6.58. The molecule has 1 aliphatic heterocycles. The van der Waals surface area contributed by atoms with Gasteiger partial charge in [-0.2, -0.15) is 0 Å². The summed E-state index contributed by atoms with van der Waals surface area (Å²) < 4.78 is 9.14. The van der Waals surface area contributed by atoms with Gasteiger partial charge in [-0.3, -0.25) is 0 Å². The van der Waals surface area contributed by atoms with Crippen molar-refractivity contribution < 1.29 is 4.65 Å². The highest BCUT2D eigenvalue weighted by Crippen LogP contribution is 2.47. The number of rotatable bonds is 7. The third kappa shape index (κ3) is 5.73. The zero-order valence-electron chi connectivity index (χ0n) is 29.0. The SMILES string of the molecule is c1ccc(B2OCc3cccc(-c4cc5c(cc4N(c4ccc(-c6ccccc6)cc4)c4ccc(-c6ccccc6)cc4)sc4ccccc45)c32)cc1. The van der Waals surface area contributed by atoms with E-state index in [0.717, 1.165) is 17.1 Å². The first kappa shape index (κ1) is 31.5. The van der Waals surface area contributed by atoms with E-state index in [4.69, 9.17) is 4.65 Å². The van der Waals surface area contributed by atoms with Gasteiger partial charge in [-0.25, -0.2) is 0 Å². The summed E-state index contributed by atoms with van der Waals surface area (Å²) in [5.74, 6) is 0. The van der Waals surface area contributed by atoms with Gasteiger partial charge in [-0.1, -0.05) is 152 Å². The van der Waals surface area contributed by atoms with E-state index < -0.39 is 0 Å². The third-order valence-electron chi connectivity index (χ3n) is 10.5. The van der Waals surface area contributed by atoms with Gasteiger partial charge >= 0.3 is 6.92 Å². The molecule has 0 fully saturated rings. The highest BCUT2D eigenvalue weighted by molar-refractivity contribution is 7.25. The van der Waals surface area contributed by atoms with Crippen molar-refractivity contribution in [2.24, 2.45) is 0 Å². The van der Waals surface area contributed by atoms with Crippen LogP contribution in [0, 0.1) is 0 Å². The number of benzene rings is 8. The zero-order valence-corrected chi connectivity index (χ0v) is 29.8. The van der Waals surface area contributed by atoms with Gasteiger partial charge in [0.2, 0.25) is 0 Å². The quantitative estimate of drug-likeness (QED) is 0.154. The Bertz CT molecular complexity index is 2630. The highest BCUT2D eigenvalue weighted by atomic mass is 32.1. The molecule has 0 N–H and O–H groups in total. The van der Waals surface area contributed by atoms with E-state index in [1.807, 2.05) is 11.3 Å². The lowest BCUT2D eigenvalue weighted by molar-refractivity contribution is 0.337. The molecule has 250 valence electrons. The van der Waals surface area contributed by atoms with E-state index in [1.54, 1.807) is 0 Å². The Morgan fingerprint density at radius 3 is 1.66 bits per heavy atom. The van der Waals surface area contributed by atoms with Crippen LogP contribution < -0.4 is 15.8 Å². The Balaban J connectivity index is 1.22. The summed E-state index contributed by atoms with van der Waals surface area (Å²) in [6.45, 7) is 0.446. The molecule has 2 nitrogen and oxygen atoms in total. The maximum atomic E-state index is 6.58. The van der Waals surface area contributed by atoms with Gasteiger partial charge in [0, 0.05) is 37.1 Å². The molecule has 0 saturated heterocycles. The normalized spacial score (nSPS) is 12.3. The molecule has 0 atom stereocenters. The maximum Gasteiger partial charge on any atom is 0.362 e. The molecule has 1 aliphatic rings. The molecule has 4 heteroatoms. The van der Waals surface area contributed by atoms with Crippen LogP contribution in [0.15, 0.2) is 194 Å². The van der Waals surface area contributed by atoms with Gasteiger partial charge in [-0.15, -0.1) is 11.3 Å². The number of thiophene rings is 1. The largest absolute Gasteiger partial charge is 0.423 e. The molecule has 1 aromatic heterocycles. The molecular formula is C49H34BNOS. The monoisotopic (exact) mass is 695 g/mol. The van der Waals surface area contributed by atoms with Crippen LogP contribution in [0.4, 0.5) is 17.1 Å². The first-order valence-electron chi connectivity index (χ1n) is 18.1. The van der Waals surface area contributed by atoms with Crippen LogP contribution in [0.25, 0.3) is 53.6 Å². The second-order valence-corrected chi connectivity index (χ2v) is 14.7. The molecule has 53 heavy (non-hydrogen) atoms. The van der Waals surface area contributed by atoms with Crippen molar-refractivity contribution in [3.8, 4) is 33.4 Å². The minimum atomic E-state index is -0.145. The molecule has 0 unspecified atom stereocenters. The highest BCUT2D eigenvalue weighted by Gasteiger charge is 2.34. The Labute approximate surface area is 314 Å². The number of anilines is 3. The summed E-state index contributed by atoms with van der Waals surface area (Å²) in [7, 11) is 0. The molecule has 0 aliphatic carbocycles. The van der Waals surface area contributed by atoms with Crippen molar-refractivity contribution >= 4 is 66.4 Å². The Hall–Kier alpha value is -6.20. The second-order valence-electron chi connectivity index (χ2n) is 13.6. The van der Waals surface area contributed by atoms with Crippen LogP contribution in [0.1, 0.15) is 5.56 Å². The number of hydrogen-bond acceptors (Lipinski definition) is 3. The van der Waals surface area contributed by atoms with Gasteiger partial charge in [-0.05, 0) is 86.8 Å². The number of nitrogens with zero attached hydrogens (tertiary/aromatic N) is 1. The lowest BCUT2D eigenvalue weighted by atomic mass is 9.54. The lowest BCUT2D eigenvalue weighted by Crippen LogP contribution is -2.42. The lowest BCUT2D eigenvalue weighted by Gasteiger charge is -2.29. The molecule has 10 rings (SSSR count). The van der Waals surface area contributed by atoms with Crippen molar-refractivity contribution in [2.75, 3.05) is 4.90 Å². The molecule has 2 heterocycles. The summed E-state index contributed by atoms with van der Waals surface area (Å²) in [6.07, 6.45) is 0. The van der Waals surface area contributed by atoms with E-state index in [1.165, 1.54) is 70.0 Å². The molecule has 0 saturated carbocycles. The van der Waals surface area contributed by atoms with E-state index in [9.17, 15) is 0 Å². The fourth-order valence-electron chi connectivity index (χ4n) is 7.89.